The van der Waals surface area contributed by atoms with Crippen molar-refractivity contribution in [2.75, 3.05) is 6.54 Å². The van der Waals surface area contributed by atoms with Crippen molar-refractivity contribution >= 4 is 33.4 Å². The van der Waals surface area contributed by atoms with E-state index in [2.05, 4.69) is 16.7 Å². The molecule has 4 rings (SSSR count). The van der Waals surface area contributed by atoms with Gasteiger partial charge in [-0.1, -0.05) is 41.5 Å². The lowest BCUT2D eigenvalue weighted by Crippen LogP contribution is -2.42. The fourth-order valence-electron chi connectivity index (χ4n) is 4.57. The summed E-state index contributed by atoms with van der Waals surface area (Å²) in [5, 5.41) is 7.53. The second-order valence-corrected chi connectivity index (χ2v) is 10.5. The monoisotopic (exact) mass is 522 g/mol. The topological polar surface area (TPSA) is 102 Å². The van der Waals surface area contributed by atoms with Gasteiger partial charge in [0.25, 0.3) is 5.56 Å². The molecular weight excluding hydrogens is 488 g/mol. The molecule has 1 aliphatic rings. The van der Waals surface area contributed by atoms with Crippen LogP contribution in [-0.2, 0) is 29.2 Å². The van der Waals surface area contributed by atoms with Gasteiger partial charge in [-0.3, -0.25) is 23.5 Å². The zero-order chi connectivity index (χ0) is 26.2. The predicted molar refractivity (Wildman–Crippen MR) is 147 cm³/mol. The molecule has 0 saturated heterocycles. The summed E-state index contributed by atoms with van der Waals surface area (Å²) < 4.78 is 2.94. The molecule has 3 aromatic rings. The molecule has 0 saturated carbocycles. The standard InChI is InChI=1S/C28H34N4O4S/c1-20-9-11-22(12-10-20)18-30-24(33)8-5-16-31-27(35)26-23(14-17-37-26)32(28(31)36)19-25(34)29-15-13-21-6-3-2-4-7-21/h6,9-12,14,17H,2-5,7-8,13,15-16,18-19H2,1H3,(H,29,34)(H,30,33). The number of carbonyl (C=O) groups is 2. The molecule has 8 nitrogen and oxygen atoms in total. The fourth-order valence-corrected chi connectivity index (χ4v) is 5.41. The summed E-state index contributed by atoms with van der Waals surface area (Å²) in [5.74, 6) is -0.398. The molecule has 0 spiro atoms. The van der Waals surface area contributed by atoms with E-state index in [0.717, 1.165) is 35.0 Å². The summed E-state index contributed by atoms with van der Waals surface area (Å²) in [6.45, 7) is 2.93. The van der Waals surface area contributed by atoms with E-state index >= 15 is 0 Å². The average Bonchev–Trinajstić information content (AvgIpc) is 3.39. The average molecular weight is 523 g/mol. The molecule has 2 N–H and O–H groups in total. The van der Waals surface area contributed by atoms with Gasteiger partial charge in [-0.25, -0.2) is 4.79 Å². The van der Waals surface area contributed by atoms with Gasteiger partial charge in [0.1, 0.15) is 11.2 Å². The number of benzene rings is 1. The van der Waals surface area contributed by atoms with Crippen LogP contribution in [0, 0.1) is 6.92 Å². The van der Waals surface area contributed by atoms with Crippen LogP contribution in [0.5, 0.6) is 0 Å². The Hall–Kier alpha value is -3.46. The first-order valence-corrected chi connectivity index (χ1v) is 13.8. The Morgan fingerprint density at radius 1 is 1.00 bits per heavy atom. The molecule has 1 aromatic carbocycles. The van der Waals surface area contributed by atoms with Gasteiger partial charge in [0.05, 0.1) is 5.52 Å². The van der Waals surface area contributed by atoms with Crippen molar-refractivity contribution in [3.05, 3.63) is 79.3 Å². The van der Waals surface area contributed by atoms with Gasteiger partial charge in [-0.05, 0) is 62.5 Å². The van der Waals surface area contributed by atoms with Crippen LogP contribution < -0.4 is 21.9 Å². The first-order chi connectivity index (χ1) is 17.9. The van der Waals surface area contributed by atoms with Gasteiger partial charge >= 0.3 is 5.69 Å². The lowest BCUT2D eigenvalue weighted by Gasteiger charge is -2.14. The highest BCUT2D eigenvalue weighted by molar-refractivity contribution is 7.17. The molecule has 0 fully saturated rings. The van der Waals surface area contributed by atoms with Gasteiger partial charge in [0.15, 0.2) is 0 Å². The second kappa shape index (κ2) is 12.7. The third-order valence-electron chi connectivity index (χ3n) is 6.69. The highest BCUT2D eigenvalue weighted by Gasteiger charge is 2.17. The normalized spacial score (nSPS) is 13.4. The van der Waals surface area contributed by atoms with Gasteiger partial charge in [-0.15, -0.1) is 11.3 Å². The smallest absolute Gasteiger partial charge is 0.332 e. The van der Waals surface area contributed by atoms with Crippen molar-refractivity contribution < 1.29 is 9.59 Å². The number of allylic oxidation sites excluding steroid dienone is 1. The quantitative estimate of drug-likeness (QED) is 0.376. The number of nitrogens with zero attached hydrogens (tertiary/aromatic N) is 2. The highest BCUT2D eigenvalue weighted by Crippen LogP contribution is 2.19. The molecule has 9 heteroatoms. The van der Waals surface area contributed by atoms with Crippen molar-refractivity contribution in [3.8, 4) is 0 Å². The van der Waals surface area contributed by atoms with Crippen LogP contribution in [-0.4, -0.2) is 27.5 Å². The number of carbonyl (C=O) groups excluding carboxylic acids is 2. The van der Waals surface area contributed by atoms with E-state index in [1.807, 2.05) is 31.2 Å². The molecule has 196 valence electrons. The van der Waals surface area contributed by atoms with Gasteiger partial charge in [0, 0.05) is 26.1 Å². The van der Waals surface area contributed by atoms with Crippen LogP contribution in [0.15, 0.2) is 57.0 Å². The summed E-state index contributed by atoms with van der Waals surface area (Å²) in [5.41, 5.74) is 3.10. The Morgan fingerprint density at radius 2 is 1.81 bits per heavy atom. The Labute approximate surface area is 220 Å². The number of nitrogens with one attached hydrogen (secondary N) is 2. The summed E-state index contributed by atoms with van der Waals surface area (Å²) in [6, 6.07) is 9.63. The van der Waals surface area contributed by atoms with E-state index in [0.29, 0.717) is 29.7 Å². The Morgan fingerprint density at radius 3 is 2.57 bits per heavy atom. The Balaban J connectivity index is 1.36. The third-order valence-corrected chi connectivity index (χ3v) is 7.58. The number of aromatic nitrogens is 2. The zero-order valence-electron chi connectivity index (χ0n) is 21.3. The zero-order valence-corrected chi connectivity index (χ0v) is 22.1. The van der Waals surface area contributed by atoms with E-state index in [4.69, 9.17) is 0 Å². The van der Waals surface area contributed by atoms with Crippen molar-refractivity contribution in [3.63, 3.8) is 0 Å². The number of hydrogen-bond donors (Lipinski definition) is 2. The van der Waals surface area contributed by atoms with Crippen LogP contribution in [0.25, 0.3) is 10.2 Å². The minimum absolute atomic E-state index is 0.110. The molecule has 2 aromatic heterocycles. The molecule has 0 unspecified atom stereocenters. The van der Waals surface area contributed by atoms with Crippen LogP contribution in [0.4, 0.5) is 0 Å². The van der Waals surface area contributed by atoms with Crippen molar-refractivity contribution in [1.82, 2.24) is 19.8 Å². The minimum Gasteiger partial charge on any atom is -0.354 e. The van der Waals surface area contributed by atoms with E-state index in [1.165, 1.54) is 34.3 Å². The number of fused-ring (bicyclic) bond motifs is 1. The predicted octanol–water partition coefficient (Wildman–Crippen LogP) is 3.64. The molecule has 0 atom stereocenters. The summed E-state index contributed by atoms with van der Waals surface area (Å²) in [6.07, 6.45) is 8.21. The lowest BCUT2D eigenvalue weighted by molar-refractivity contribution is -0.122. The van der Waals surface area contributed by atoms with E-state index in [9.17, 15) is 19.2 Å². The SMILES string of the molecule is Cc1ccc(CNC(=O)CCCn2c(=O)c3sccc3n(CC(=O)NCCC3=CCCCC3)c2=O)cc1. The highest BCUT2D eigenvalue weighted by atomic mass is 32.1. The van der Waals surface area contributed by atoms with Crippen LogP contribution in [0.3, 0.4) is 0 Å². The maximum absolute atomic E-state index is 13.2. The number of thiophene rings is 1. The maximum Gasteiger partial charge on any atom is 0.332 e. The minimum atomic E-state index is -0.527. The molecule has 2 amide bonds. The van der Waals surface area contributed by atoms with Gasteiger partial charge in [0.2, 0.25) is 11.8 Å². The van der Waals surface area contributed by atoms with Crippen LogP contribution >= 0.6 is 11.3 Å². The Bertz CT molecular complexity index is 1400. The molecule has 2 heterocycles. The van der Waals surface area contributed by atoms with Crippen molar-refractivity contribution in [2.45, 2.75) is 71.5 Å². The van der Waals surface area contributed by atoms with Gasteiger partial charge in [-0.2, -0.15) is 0 Å². The van der Waals surface area contributed by atoms with Crippen LogP contribution in [0.1, 0.15) is 56.1 Å². The number of amides is 2. The fraction of sp³-hybridized carbons (Fsp3) is 0.429. The van der Waals surface area contributed by atoms with Crippen molar-refractivity contribution in [2.24, 2.45) is 0 Å². The number of aryl methyl sites for hydroxylation is 1. The first kappa shape index (κ1) is 26.6. The van der Waals surface area contributed by atoms with Crippen molar-refractivity contribution in [1.29, 1.82) is 0 Å². The third kappa shape index (κ3) is 7.07. The second-order valence-electron chi connectivity index (χ2n) is 9.53. The van der Waals surface area contributed by atoms with E-state index in [1.54, 1.807) is 11.4 Å². The maximum atomic E-state index is 13.2. The van der Waals surface area contributed by atoms with E-state index < -0.39 is 5.69 Å². The number of hydrogen-bond acceptors (Lipinski definition) is 5. The molecular formula is C28H34N4O4S. The summed E-state index contributed by atoms with van der Waals surface area (Å²) >= 11 is 1.25. The van der Waals surface area contributed by atoms with E-state index in [-0.39, 0.29) is 36.9 Å². The molecule has 0 radical (unpaired) electrons. The molecule has 1 aliphatic carbocycles. The largest absolute Gasteiger partial charge is 0.354 e. The summed E-state index contributed by atoms with van der Waals surface area (Å²) in [4.78, 5) is 51.1. The van der Waals surface area contributed by atoms with Crippen LogP contribution in [0.2, 0.25) is 0 Å². The molecule has 0 bridgehead atoms. The van der Waals surface area contributed by atoms with Gasteiger partial charge < -0.3 is 10.6 Å². The number of rotatable bonds is 11. The summed E-state index contributed by atoms with van der Waals surface area (Å²) in [7, 11) is 0. The first-order valence-electron chi connectivity index (χ1n) is 12.9. The molecule has 0 aliphatic heterocycles. The Kier molecular flexibility index (Phi) is 9.11. The molecule has 37 heavy (non-hydrogen) atoms. The lowest BCUT2D eigenvalue weighted by atomic mass is 9.97.